The maximum atomic E-state index is 12.7. The second-order valence-corrected chi connectivity index (χ2v) is 5.75. The lowest BCUT2D eigenvalue weighted by atomic mass is 10.2. The number of hydrogen-bond acceptors (Lipinski definition) is 6. The second kappa shape index (κ2) is 6.37. The van der Waals surface area contributed by atoms with E-state index in [1.807, 2.05) is 12.1 Å². The molecule has 9 nitrogen and oxygen atoms in total. The van der Waals surface area contributed by atoms with E-state index in [9.17, 15) is 14.9 Å². The zero-order valence-electron chi connectivity index (χ0n) is 14.1. The number of benzene rings is 2. The number of nitro groups is 1. The molecule has 0 atom stereocenters. The summed E-state index contributed by atoms with van der Waals surface area (Å²) >= 11 is 0. The Morgan fingerprint density at radius 2 is 2.04 bits per heavy atom. The molecule has 0 saturated heterocycles. The van der Waals surface area contributed by atoms with Gasteiger partial charge in [-0.25, -0.2) is 4.98 Å². The predicted molar refractivity (Wildman–Crippen MR) is 101 cm³/mol. The number of nitrogens with one attached hydrogen (secondary N) is 1. The molecule has 9 heteroatoms. The number of non-ortho nitro benzene ring substituents is 1. The van der Waals surface area contributed by atoms with Crippen molar-refractivity contribution in [2.45, 2.75) is 0 Å². The molecule has 27 heavy (non-hydrogen) atoms. The minimum absolute atomic E-state index is 0.0130. The highest BCUT2D eigenvalue weighted by Crippen LogP contribution is 2.25. The van der Waals surface area contributed by atoms with Gasteiger partial charge in [-0.2, -0.15) is 9.78 Å². The summed E-state index contributed by atoms with van der Waals surface area (Å²) in [6.45, 7) is 0. The molecule has 0 aliphatic rings. The number of aromatic amines is 1. The molecule has 2 aromatic carbocycles. The number of rotatable bonds is 4. The Kier molecular flexibility index (Phi) is 3.88. The summed E-state index contributed by atoms with van der Waals surface area (Å²) in [4.78, 5) is 30.3. The van der Waals surface area contributed by atoms with Crippen LogP contribution in [0.5, 0.6) is 5.75 Å². The van der Waals surface area contributed by atoms with Gasteiger partial charge in [0.15, 0.2) is 0 Å². The fourth-order valence-corrected chi connectivity index (χ4v) is 2.75. The van der Waals surface area contributed by atoms with E-state index >= 15 is 0 Å². The Hall–Kier alpha value is -4.01. The molecule has 2 aromatic heterocycles. The molecule has 134 valence electrons. The second-order valence-electron chi connectivity index (χ2n) is 5.75. The molecule has 0 radical (unpaired) electrons. The van der Waals surface area contributed by atoms with Crippen molar-refractivity contribution in [2.24, 2.45) is 5.10 Å². The normalized spacial score (nSPS) is 11.4. The van der Waals surface area contributed by atoms with Gasteiger partial charge in [0, 0.05) is 23.0 Å². The summed E-state index contributed by atoms with van der Waals surface area (Å²) in [7, 11) is 1.57. The molecule has 0 bridgehead atoms. The highest BCUT2D eigenvalue weighted by Gasteiger charge is 2.11. The number of nitro benzene ring substituents is 1. The first-order chi connectivity index (χ1) is 13.1. The summed E-state index contributed by atoms with van der Waals surface area (Å²) < 4.78 is 6.32. The van der Waals surface area contributed by atoms with Crippen molar-refractivity contribution in [2.75, 3.05) is 7.11 Å². The van der Waals surface area contributed by atoms with Crippen LogP contribution >= 0.6 is 0 Å². The number of methoxy groups -OCH3 is 1. The Balaban J connectivity index is 1.74. The van der Waals surface area contributed by atoms with Crippen LogP contribution in [0.1, 0.15) is 5.56 Å². The third kappa shape index (κ3) is 2.91. The topological polar surface area (TPSA) is 115 Å². The van der Waals surface area contributed by atoms with E-state index in [0.29, 0.717) is 22.3 Å². The number of nitrogens with zero attached hydrogens (tertiary/aromatic N) is 4. The highest BCUT2D eigenvalue weighted by molar-refractivity contribution is 6.04. The summed E-state index contributed by atoms with van der Waals surface area (Å²) in [5.74, 6) is 0.672. The quantitative estimate of drug-likeness (QED) is 0.340. The van der Waals surface area contributed by atoms with E-state index in [2.05, 4.69) is 15.1 Å². The van der Waals surface area contributed by atoms with Crippen molar-refractivity contribution in [1.82, 2.24) is 14.6 Å². The molecule has 0 amide bonds. The van der Waals surface area contributed by atoms with Crippen molar-refractivity contribution in [3.63, 3.8) is 0 Å². The maximum Gasteiger partial charge on any atom is 0.298 e. The minimum atomic E-state index is -0.478. The molecule has 2 heterocycles. The molecule has 0 aliphatic heterocycles. The van der Waals surface area contributed by atoms with Crippen LogP contribution in [-0.2, 0) is 0 Å². The highest BCUT2D eigenvalue weighted by atomic mass is 16.6. The first-order valence-corrected chi connectivity index (χ1v) is 7.93. The lowest BCUT2D eigenvalue weighted by molar-refractivity contribution is -0.384. The standard InChI is InChI=1S/C18H13N5O4/c1-27-13-6-7-15-14(8-13)16-17(21-15)18(24)22(10-19-16)20-9-11-2-4-12(5-3-11)23(25)26/h2-10,21H,1H3/b20-9+. The maximum absolute atomic E-state index is 12.7. The molecule has 0 aliphatic carbocycles. The fraction of sp³-hybridized carbons (Fsp3) is 0.0556. The van der Waals surface area contributed by atoms with Crippen LogP contribution in [0.2, 0.25) is 0 Å². The molecular weight excluding hydrogens is 350 g/mol. The van der Waals surface area contributed by atoms with Crippen molar-refractivity contribution in [1.29, 1.82) is 0 Å². The average Bonchev–Trinajstić information content (AvgIpc) is 3.06. The smallest absolute Gasteiger partial charge is 0.298 e. The van der Waals surface area contributed by atoms with E-state index in [1.54, 1.807) is 25.3 Å². The van der Waals surface area contributed by atoms with Crippen molar-refractivity contribution in [3.05, 3.63) is 74.8 Å². The van der Waals surface area contributed by atoms with Gasteiger partial charge in [0.1, 0.15) is 23.1 Å². The Labute approximate surface area is 151 Å². The van der Waals surface area contributed by atoms with E-state index in [4.69, 9.17) is 4.74 Å². The molecule has 4 rings (SSSR count). The van der Waals surface area contributed by atoms with Crippen molar-refractivity contribution >= 4 is 33.8 Å². The molecule has 1 N–H and O–H groups in total. The molecule has 0 fully saturated rings. The van der Waals surface area contributed by atoms with Gasteiger partial charge in [0.25, 0.3) is 11.2 Å². The van der Waals surface area contributed by atoms with Crippen LogP contribution < -0.4 is 10.3 Å². The first-order valence-electron chi connectivity index (χ1n) is 7.93. The van der Waals surface area contributed by atoms with E-state index in [0.717, 1.165) is 15.6 Å². The Morgan fingerprint density at radius 1 is 1.26 bits per heavy atom. The largest absolute Gasteiger partial charge is 0.497 e. The summed E-state index contributed by atoms with van der Waals surface area (Å²) in [6, 6.07) is 11.3. The van der Waals surface area contributed by atoms with Gasteiger partial charge < -0.3 is 9.72 Å². The predicted octanol–water partition coefficient (Wildman–Crippen LogP) is 2.68. The van der Waals surface area contributed by atoms with Crippen LogP contribution in [0.15, 0.2) is 58.7 Å². The van der Waals surface area contributed by atoms with Gasteiger partial charge in [-0.3, -0.25) is 14.9 Å². The van der Waals surface area contributed by atoms with Gasteiger partial charge in [0.2, 0.25) is 0 Å². The summed E-state index contributed by atoms with van der Waals surface area (Å²) in [5, 5.41) is 15.6. The zero-order chi connectivity index (χ0) is 19.0. The van der Waals surface area contributed by atoms with Crippen LogP contribution in [0.3, 0.4) is 0 Å². The van der Waals surface area contributed by atoms with Crippen LogP contribution in [0.25, 0.3) is 21.9 Å². The third-order valence-electron chi connectivity index (χ3n) is 4.13. The lowest BCUT2D eigenvalue weighted by Gasteiger charge is -1.99. The lowest BCUT2D eigenvalue weighted by Crippen LogP contribution is -2.17. The van der Waals surface area contributed by atoms with Crippen LogP contribution in [-0.4, -0.2) is 32.9 Å². The van der Waals surface area contributed by atoms with Crippen LogP contribution in [0.4, 0.5) is 5.69 Å². The number of hydrogen-bond donors (Lipinski definition) is 1. The van der Waals surface area contributed by atoms with Crippen molar-refractivity contribution < 1.29 is 9.66 Å². The summed E-state index contributed by atoms with van der Waals surface area (Å²) in [5.41, 5.74) is 1.90. The fourth-order valence-electron chi connectivity index (χ4n) is 2.75. The molecule has 4 aromatic rings. The zero-order valence-corrected chi connectivity index (χ0v) is 14.1. The third-order valence-corrected chi connectivity index (χ3v) is 4.13. The number of ether oxygens (including phenoxy) is 1. The van der Waals surface area contributed by atoms with E-state index < -0.39 is 4.92 Å². The molecular formula is C18H13N5O4. The minimum Gasteiger partial charge on any atom is -0.497 e. The van der Waals surface area contributed by atoms with Gasteiger partial charge >= 0.3 is 0 Å². The molecule has 0 saturated carbocycles. The van der Waals surface area contributed by atoms with Crippen molar-refractivity contribution in [3.8, 4) is 5.75 Å². The SMILES string of the molecule is COc1ccc2[nH]c3c(=O)n(/N=C/c4ccc([N+](=O)[O-])cc4)cnc3c2c1. The molecule has 0 spiro atoms. The van der Waals surface area contributed by atoms with Gasteiger partial charge in [0.05, 0.1) is 18.2 Å². The average molecular weight is 363 g/mol. The monoisotopic (exact) mass is 363 g/mol. The number of aromatic nitrogens is 3. The summed E-state index contributed by atoms with van der Waals surface area (Å²) in [6.07, 6.45) is 2.77. The van der Waals surface area contributed by atoms with Gasteiger partial charge in [-0.05, 0) is 35.9 Å². The Bertz CT molecular complexity index is 1250. The molecule has 0 unspecified atom stereocenters. The van der Waals surface area contributed by atoms with Gasteiger partial charge in [-0.1, -0.05) is 0 Å². The van der Waals surface area contributed by atoms with E-state index in [-0.39, 0.29) is 11.2 Å². The number of fused-ring (bicyclic) bond motifs is 3. The number of H-pyrrole nitrogens is 1. The van der Waals surface area contributed by atoms with E-state index in [1.165, 1.54) is 24.7 Å². The Morgan fingerprint density at radius 3 is 2.74 bits per heavy atom. The van der Waals surface area contributed by atoms with Gasteiger partial charge in [-0.15, -0.1) is 0 Å². The van der Waals surface area contributed by atoms with Crippen LogP contribution in [0, 0.1) is 10.1 Å². The first kappa shape index (κ1) is 16.5.